The highest BCUT2D eigenvalue weighted by atomic mass is 16.4. The van der Waals surface area contributed by atoms with Crippen LogP contribution in [0.1, 0.15) is 12.8 Å². The van der Waals surface area contributed by atoms with Crippen LogP contribution in [0.3, 0.4) is 0 Å². The highest BCUT2D eigenvalue weighted by molar-refractivity contribution is 5.76. The topological polar surface area (TPSA) is 83.6 Å². The summed E-state index contributed by atoms with van der Waals surface area (Å²) >= 11 is 0. The van der Waals surface area contributed by atoms with E-state index in [4.69, 9.17) is 10.8 Å². The van der Waals surface area contributed by atoms with Crippen LogP contribution in [0.4, 0.5) is 0 Å². The van der Waals surface area contributed by atoms with E-state index in [1.54, 1.807) is 4.90 Å². The first-order valence-corrected chi connectivity index (χ1v) is 4.33. The molecule has 74 valence electrons. The van der Waals surface area contributed by atoms with Gasteiger partial charge in [0, 0.05) is 6.54 Å². The molecule has 1 saturated heterocycles. The molecular formula is C8H14N2O3. The molecule has 1 aliphatic heterocycles. The molecule has 0 unspecified atom stereocenters. The number of hydrogen-bond donors (Lipinski definition) is 2. The third-order valence-corrected chi connectivity index (χ3v) is 2.23. The van der Waals surface area contributed by atoms with Gasteiger partial charge in [0.2, 0.25) is 5.91 Å². The van der Waals surface area contributed by atoms with E-state index < -0.39 is 11.9 Å². The van der Waals surface area contributed by atoms with Crippen LogP contribution in [0.2, 0.25) is 0 Å². The largest absolute Gasteiger partial charge is 0.481 e. The fourth-order valence-electron chi connectivity index (χ4n) is 1.62. The molecule has 5 heteroatoms. The van der Waals surface area contributed by atoms with E-state index >= 15 is 0 Å². The Bertz CT molecular complexity index is 217. The lowest BCUT2D eigenvalue weighted by Crippen LogP contribution is -2.42. The number of carbonyl (C=O) groups is 2. The van der Waals surface area contributed by atoms with Gasteiger partial charge in [-0.2, -0.15) is 0 Å². The molecule has 0 aromatic heterocycles. The highest BCUT2D eigenvalue weighted by Gasteiger charge is 2.25. The molecular weight excluding hydrogens is 172 g/mol. The summed E-state index contributed by atoms with van der Waals surface area (Å²) in [5, 5.41) is 8.75. The monoisotopic (exact) mass is 186 g/mol. The van der Waals surface area contributed by atoms with Gasteiger partial charge in [-0.3, -0.25) is 14.5 Å². The number of likely N-dealkylation sites (tertiary alicyclic amines) is 1. The molecule has 0 spiro atoms. The van der Waals surface area contributed by atoms with Crippen molar-refractivity contribution in [1.29, 1.82) is 0 Å². The van der Waals surface area contributed by atoms with Crippen LogP contribution in [0.5, 0.6) is 0 Å². The summed E-state index contributed by atoms with van der Waals surface area (Å²) in [7, 11) is 0. The number of carboxylic acids is 1. The Morgan fingerprint density at radius 3 is 2.77 bits per heavy atom. The number of hydrogen-bond acceptors (Lipinski definition) is 3. The Morgan fingerprint density at radius 1 is 1.54 bits per heavy atom. The van der Waals surface area contributed by atoms with E-state index in [0.717, 1.165) is 13.0 Å². The number of carbonyl (C=O) groups excluding carboxylic acids is 1. The van der Waals surface area contributed by atoms with Crippen molar-refractivity contribution >= 4 is 11.9 Å². The summed E-state index contributed by atoms with van der Waals surface area (Å²) in [6, 6.07) is 0. The van der Waals surface area contributed by atoms with Crippen molar-refractivity contribution in [3.8, 4) is 0 Å². The average Bonchev–Trinajstić information content (AvgIpc) is 2.03. The summed E-state index contributed by atoms with van der Waals surface area (Å²) in [6.07, 6.45) is 1.52. The van der Waals surface area contributed by atoms with Gasteiger partial charge in [0.15, 0.2) is 0 Å². The molecule has 3 N–H and O–H groups in total. The summed E-state index contributed by atoms with van der Waals surface area (Å²) in [5.41, 5.74) is 5.02. The molecule has 0 aromatic carbocycles. The van der Waals surface area contributed by atoms with Crippen LogP contribution in [0.15, 0.2) is 0 Å². The number of primary amides is 1. The Balaban J connectivity index is 2.41. The lowest BCUT2D eigenvalue weighted by molar-refractivity contribution is -0.144. The highest BCUT2D eigenvalue weighted by Crippen LogP contribution is 2.15. The first kappa shape index (κ1) is 9.98. The fourth-order valence-corrected chi connectivity index (χ4v) is 1.62. The molecule has 1 heterocycles. The molecule has 1 rings (SSSR count). The number of nitrogens with zero attached hydrogens (tertiary/aromatic N) is 1. The third-order valence-electron chi connectivity index (χ3n) is 2.23. The Hall–Kier alpha value is -1.10. The zero-order valence-corrected chi connectivity index (χ0v) is 7.40. The quantitative estimate of drug-likeness (QED) is 0.608. The summed E-state index contributed by atoms with van der Waals surface area (Å²) in [5.74, 6) is -1.52. The standard InChI is InChI=1S/C8H14N2O3/c9-7(11)5-10-3-1-2-6(4-10)8(12)13/h6H,1-5H2,(H2,9,11)(H,12,13)/t6-/m1/s1. The lowest BCUT2D eigenvalue weighted by atomic mass is 9.98. The van der Waals surface area contributed by atoms with Crippen LogP contribution < -0.4 is 5.73 Å². The van der Waals surface area contributed by atoms with E-state index in [9.17, 15) is 9.59 Å². The maximum Gasteiger partial charge on any atom is 0.307 e. The predicted molar refractivity (Wildman–Crippen MR) is 46.0 cm³/mol. The molecule has 0 aromatic rings. The van der Waals surface area contributed by atoms with Gasteiger partial charge >= 0.3 is 5.97 Å². The molecule has 5 nitrogen and oxygen atoms in total. The smallest absolute Gasteiger partial charge is 0.307 e. The van der Waals surface area contributed by atoms with Crippen molar-refractivity contribution in [3.05, 3.63) is 0 Å². The Labute approximate surface area is 76.5 Å². The number of piperidine rings is 1. The zero-order valence-electron chi connectivity index (χ0n) is 7.40. The molecule has 1 amide bonds. The second kappa shape index (κ2) is 4.23. The molecule has 0 radical (unpaired) electrons. The van der Waals surface area contributed by atoms with Crippen molar-refractivity contribution in [2.45, 2.75) is 12.8 Å². The van der Waals surface area contributed by atoms with E-state index in [1.807, 2.05) is 0 Å². The molecule has 13 heavy (non-hydrogen) atoms. The lowest BCUT2D eigenvalue weighted by Gasteiger charge is -2.29. The van der Waals surface area contributed by atoms with Crippen LogP contribution in [-0.2, 0) is 9.59 Å². The minimum Gasteiger partial charge on any atom is -0.481 e. The van der Waals surface area contributed by atoms with Gasteiger partial charge in [0.25, 0.3) is 0 Å². The summed E-state index contributed by atoms with van der Waals surface area (Å²) in [4.78, 5) is 23.0. The third kappa shape index (κ3) is 3.02. The number of carboxylic acid groups (broad SMARTS) is 1. The SMILES string of the molecule is NC(=O)CN1CCC[C@@H](C(=O)O)C1. The minimum absolute atomic E-state index is 0.170. The molecule has 0 saturated carbocycles. The van der Waals surface area contributed by atoms with Crippen molar-refractivity contribution in [3.63, 3.8) is 0 Å². The molecule has 1 fully saturated rings. The maximum absolute atomic E-state index is 10.6. The van der Waals surface area contributed by atoms with Crippen molar-refractivity contribution in [1.82, 2.24) is 4.90 Å². The molecule has 1 atom stereocenters. The van der Waals surface area contributed by atoms with Crippen LogP contribution >= 0.6 is 0 Å². The predicted octanol–water partition coefficient (Wildman–Crippen LogP) is -0.732. The minimum atomic E-state index is -0.783. The van der Waals surface area contributed by atoms with Crippen molar-refractivity contribution in [2.24, 2.45) is 11.7 Å². The molecule has 1 aliphatic rings. The first-order chi connectivity index (χ1) is 6.09. The van der Waals surface area contributed by atoms with Crippen molar-refractivity contribution < 1.29 is 14.7 Å². The molecule has 0 bridgehead atoms. The number of nitrogens with two attached hydrogens (primary N) is 1. The second-order valence-corrected chi connectivity index (χ2v) is 3.38. The van der Waals surface area contributed by atoms with Gasteiger partial charge in [0.1, 0.15) is 0 Å². The van der Waals surface area contributed by atoms with E-state index in [1.165, 1.54) is 0 Å². The van der Waals surface area contributed by atoms with E-state index in [-0.39, 0.29) is 12.5 Å². The van der Waals surface area contributed by atoms with Crippen LogP contribution in [0, 0.1) is 5.92 Å². The number of aliphatic carboxylic acids is 1. The van der Waals surface area contributed by atoms with Crippen LogP contribution in [0.25, 0.3) is 0 Å². The normalized spacial score (nSPS) is 24.2. The zero-order chi connectivity index (χ0) is 9.84. The molecule has 0 aliphatic carbocycles. The fraction of sp³-hybridized carbons (Fsp3) is 0.750. The van der Waals surface area contributed by atoms with E-state index in [0.29, 0.717) is 13.0 Å². The van der Waals surface area contributed by atoms with Gasteiger partial charge in [-0.05, 0) is 19.4 Å². The summed E-state index contributed by atoms with van der Waals surface area (Å²) in [6.45, 7) is 1.38. The Morgan fingerprint density at radius 2 is 2.23 bits per heavy atom. The average molecular weight is 186 g/mol. The second-order valence-electron chi connectivity index (χ2n) is 3.38. The van der Waals surface area contributed by atoms with Gasteiger partial charge in [-0.1, -0.05) is 0 Å². The van der Waals surface area contributed by atoms with Gasteiger partial charge in [0.05, 0.1) is 12.5 Å². The number of rotatable bonds is 3. The van der Waals surface area contributed by atoms with Crippen LogP contribution in [-0.4, -0.2) is 41.5 Å². The first-order valence-electron chi connectivity index (χ1n) is 4.33. The van der Waals surface area contributed by atoms with Gasteiger partial charge in [-0.15, -0.1) is 0 Å². The number of amides is 1. The summed E-state index contributed by atoms with van der Waals surface area (Å²) < 4.78 is 0. The maximum atomic E-state index is 10.6. The van der Waals surface area contributed by atoms with E-state index in [2.05, 4.69) is 0 Å². The van der Waals surface area contributed by atoms with Crippen molar-refractivity contribution in [2.75, 3.05) is 19.6 Å². The van der Waals surface area contributed by atoms with Gasteiger partial charge < -0.3 is 10.8 Å². The Kier molecular flexibility index (Phi) is 3.25. The van der Waals surface area contributed by atoms with Gasteiger partial charge in [-0.25, -0.2) is 0 Å².